The first-order valence-electron chi connectivity index (χ1n) is 7.05. The van der Waals surface area contributed by atoms with Crippen LogP contribution in [0.2, 0.25) is 0 Å². The molecule has 0 bridgehead atoms. The lowest BCUT2D eigenvalue weighted by Gasteiger charge is -2.27. The van der Waals surface area contributed by atoms with Crippen molar-refractivity contribution in [2.24, 2.45) is 10.7 Å². The van der Waals surface area contributed by atoms with Gasteiger partial charge in [-0.3, -0.25) is 4.99 Å². The third kappa shape index (κ3) is 5.99. The Labute approximate surface area is 147 Å². The Morgan fingerprint density at radius 1 is 1.25 bits per heavy atom. The second kappa shape index (κ2) is 9.60. The number of likely N-dealkylation sites (tertiary alicyclic amines) is 1. The minimum atomic E-state index is 0. The van der Waals surface area contributed by atoms with Crippen molar-refractivity contribution in [1.82, 2.24) is 4.90 Å². The number of hydrogen-bond acceptors (Lipinski definition) is 1. The van der Waals surface area contributed by atoms with Crippen LogP contribution >= 0.6 is 39.9 Å². The maximum absolute atomic E-state index is 6.02. The van der Waals surface area contributed by atoms with Crippen molar-refractivity contribution in [1.29, 1.82) is 0 Å². The van der Waals surface area contributed by atoms with E-state index in [-0.39, 0.29) is 24.0 Å². The van der Waals surface area contributed by atoms with Crippen LogP contribution in [0, 0.1) is 0 Å². The summed E-state index contributed by atoms with van der Waals surface area (Å²) >= 11 is 3.49. The molecule has 1 heterocycles. The van der Waals surface area contributed by atoms with Gasteiger partial charge in [0.15, 0.2) is 5.96 Å². The first-order valence-corrected chi connectivity index (χ1v) is 7.84. The van der Waals surface area contributed by atoms with E-state index < -0.39 is 0 Å². The molecule has 20 heavy (non-hydrogen) atoms. The van der Waals surface area contributed by atoms with Gasteiger partial charge in [0.25, 0.3) is 0 Å². The SMILES string of the molecule is I.NC(=NCCCc1cccc(Br)c1)N1CCCCC1. The van der Waals surface area contributed by atoms with Gasteiger partial charge in [-0.15, -0.1) is 24.0 Å². The Bertz CT molecular complexity index is 431. The van der Waals surface area contributed by atoms with Crippen molar-refractivity contribution in [3.05, 3.63) is 34.3 Å². The van der Waals surface area contributed by atoms with Crippen LogP contribution in [0.4, 0.5) is 0 Å². The molecule has 2 rings (SSSR count). The molecule has 0 radical (unpaired) electrons. The van der Waals surface area contributed by atoms with Gasteiger partial charge in [0.2, 0.25) is 0 Å². The van der Waals surface area contributed by atoms with Gasteiger partial charge in [-0.1, -0.05) is 28.1 Å². The van der Waals surface area contributed by atoms with Crippen molar-refractivity contribution in [2.75, 3.05) is 19.6 Å². The summed E-state index contributed by atoms with van der Waals surface area (Å²) in [6.45, 7) is 2.96. The van der Waals surface area contributed by atoms with Gasteiger partial charge in [0.05, 0.1) is 0 Å². The van der Waals surface area contributed by atoms with Crippen LogP contribution in [-0.4, -0.2) is 30.5 Å². The van der Waals surface area contributed by atoms with E-state index in [0.29, 0.717) is 0 Å². The fraction of sp³-hybridized carbons (Fsp3) is 0.533. The van der Waals surface area contributed by atoms with Crippen LogP contribution in [0.5, 0.6) is 0 Å². The number of piperidine rings is 1. The number of nitrogens with two attached hydrogens (primary N) is 1. The third-order valence-electron chi connectivity index (χ3n) is 3.47. The molecule has 5 heteroatoms. The molecule has 0 unspecified atom stereocenters. The highest BCUT2D eigenvalue weighted by atomic mass is 127. The topological polar surface area (TPSA) is 41.6 Å². The Hall–Kier alpha value is -0.300. The molecule has 0 atom stereocenters. The monoisotopic (exact) mass is 451 g/mol. The molecule has 0 aliphatic carbocycles. The molecule has 0 aromatic heterocycles. The van der Waals surface area contributed by atoms with Crippen LogP contribution in [-0.2, 0) is 6.42 Å². The van der Waals surface area contributed by atoms with Crippen LogP contribution in [0.1, 0.15) is 31.2 Å². The fourth-order valence-corrected chi connectivity index (χ4v) is 2.84. The minimum absolute atomic E-state index is 0. The second-order valence-electron chi connectivity index (χ2n) is 5.02. The molecule has 112 valence electrons. The lowest BCUT2D eigenvalue weighted by molar-refractivity contribution is 0.338. The summed E-state index contributed by atoms with van der Waals surface area (Å²) in [6, 6.07) is 8.45. The zero-order chi connectivity index (χ0) is 13.5. The van der Waals surface area contributed by atoms with Crippen LogP contribution in [0.15, 0.2) is 33.7 Å². The van der Waals surface area contributed by atoms with Gasteiger partial charge in [-0.25, -0.2) is 0 Å². The molecule has 1 aliphatic rings. The zero-order valence-corrected chi connectivity index (χ0v) is 15.6. The molecule has 1 fully saturated rings. The Morgan fingerprint density at radius 3 is 2.70 bits per heavy atom. The summed E-state index contributed by atoms with van der Waals surface area (Å²) in [4.78, 5) is 6.70. The standard InChI is InChI=1S/C15H22BrN3.HI/c16-14-8-4-6-13(12-14)7-5-9-18-15(17)19-10-2-1-3-11-19;/h4,6,8,12H,1-3,5,7,9-11H2,(H2,17,18);1H. The molecule has 1 aromatic carbocycles. The zero-order valence-electron chi connectivity index (χ0n) is 11.7. The Kier molecular flexibility index (Phi) is 8.52. The van der Waals surface area contributed by atoms with Crippen LogP contribution in [0.25, 0.3) is 0 Å². The number of guanidine groups is 1. The highest BCUT2D eigenvalue weighted by Crippen LogP contribution is 2.13. The third-order valence-corrected chi connectivity index (χ3v) is 3.96. The van der Waals surface area contributed by atoms with E-state index in [9.17, 15) is 0 Å². The summed E-state index contributed by atoms with van der Waals surface area (Å²) in [7, 11) is 0. The fourth-order valence-electron chi connectivity index (χ4n) is 2.39. The van der Waals surface area contributed by atoms with E-state index >= 15 is 0 Å². The van der Waals surface area contributed by atoms with E-state index in [1.54, 1.807) is 0 Å². The molecule has 2 N–H and O–H groups in total. The number of rotatable bonds is 4. The van der Waals surface area contributed by atoms with Gasteiger partial charge in [0.1, 0.15) is 0 Å². The lowest BCUT2D eigenvalue weighted by atomic mass is 10.1. The molecular weight excluding hydrogens is 429 g/mol. The van der Waals surface area contributed by atoms with E-state index in [1.807, 2.05) is 0 Å². The number of nitrogens with zero attached hydrogens (tertiary/aromatic N) is 2. The van der Waals surface area contributed by atoms with Gasteiger partial charge < -0.3 is 10.6 Å². The average Bonchev–Trinajstić information content (AvgIpc) is 2.44. The van der Waals surface area contributed by atoms with E-state index in [4.69, 9.17) is 5.73 Å². The van der Waals surface area contributed by atoms with E-state index in [2.05, 4.69) is 50.1 Å². The molecular formula is C15H23BrIN3. The van der Waals surface area contributed by atoms with Gasteiger partial charge >= 0.3 is 0 Å². The summed E-state index contributed by atoms with van der Waals surface area (Å²) < 4.78 is 1.14. The average molecular weight is 452 g/mol. The first-order chi connectivity index (χ1) is 9.25. The van der Waals surface area contributed by atoms with Crippen molar-refractivity contribution >= 4 is 45.9 Å². The number of benzene rings is 1. The summed E-state index contributed by atoms with van der Waals surface area (Å²) in [5, 5.41) is 0. The molecule has 1 aromatic rings. The smallest absolute Gasteiger partial charge is 0.191 e. The molecule has 3 nitrogen and oxygen atoms in total. The van der Waals surface area contributed by atoms with E-state index in [0.717, 1.165) is 42.9 Å². The van der Waals surface area contributed by atoms with Crippen LogP contribution in [0.3, 0.4) is 0 Å². The predicted molar refractivity (Wildman–Crippen MR) is 99.8 cm³/mol. The van der Waals surface area contributed by atoms with E-state index in [1.165, 1.54) is 24.8 Å². The largest absolute Gasteiger partial charge is 0.370 e. The number of aryl methyl sites for hydroxylation is 1. The second-order valence-corrected chi connectivity index (χ2v) is 5.94. The predicted octanol–water partition coefficient (Wildman–Crippen LogP) is 3.80. The quantitative estimate of drug-likeness (QED) is 0.327. The van der Waals surface area contributed by atoms with Crippen LogP contribution < -0.4 is 5.73 Å². The first kappa shape index (κ1) is 17.8. The summed E-state index contributed by atoms with van der Waals surface area (Å²) in [5.74, 6) is 0.731. The minimum Gasteiger partial charge on any atom is -0.370 e. The van der Waals surface area contributed by atoms with Crippen molar-refractivity contribution < 1.29 is 0 Å². The molecule has 1 aliphatic heterocycles. The van der Waals surface area contributed by atoms with Crippen molar-refractivity contribution in [3.63, 3.8) is 0 Å². The molecule has 0 amide bonds. The van der Waals surface area contributed by atoms with Crippen molar-refractivity contribution in [3.8, 4) is 0 Å². The summed E-state index contributed by atoms with van der Waals surface area (Å²) in [6.07, 6.45) is 5.91. The highest BCUT2D eigenvalue weighted by molar-refractivity contribution is 14.0. The van der Waals surface area contributed by atoms with Crippen molar-refractivity contribution in [2.45, 2.75) is 32.1 Å². The highest BCUT2D eigenvalue weighted by Gasteiger charge is 2.11. The number of halogens is 2. The summed E-state index contributed by atoms with van der Waals surface area (Å²) in [5.41, 5.74) is 7.37. The Balaban J connectivity index is 0.00000200. The number of hydrogen-bond donors (Lipinski definition) is 1. The van der Waals surface area contributed by atoms with Gasteiger partial charge in [-0.2, -0.15) is 0 Å². The Morgan fingerprint density at radius 2 is 2.00 bits per heavy atom. The lowest BCUT2D eigenvalue weighted by Crippen LogP contribution is -2.40. The van der Waals surface area contributed by atoms with Gasteiger partial charge in [0, 0.05) is 24.1 Å². The number of aliphatic imine (C=N–C) groups is 1. The molecule has 0 saturated carbocycles. The molecule has 0 spiro atoms. The maximum Gasteiger partial charge on any atom is 0.191 e. The van der Waals surface area contributed by atoms with Gasteiger partial charge in [-0.05, 0) is 49.8 Å². The maximum atomic E-state index is 6.02. The normalized spacial score (nSPS) is 15.8. The molecule has 1 saturated heterocycles.